The molecule has 6 aromatic rings. The molecular formula is C29H23N5O3S. The Hall–Kier alpha value is -4.76. The van der Waals surface area contributed by atoms with E-state index in [1.54, 1.807) is 7.11 Å². The van der Waals surface area contributed by atoms with Crippen molar-refractivity contribution in [1.29, 1.82) is 0 Å². The number of ether oxygens (including phenoxy) is 2. The minimum Gasteiger partial charge on any atom is -0.497 e. The number of nitrogens with zero attached hydrogens (tertiary/aromatic N) is 5. The molecular weight excluding hydrogens is 498 g/mol. The molecule has 6 rings (SSSR count). The first-order chi connectivity index (χ1) is 18.6. The molecule has 0 saturated heterocycles. The lowest BCUT2D eigenvalue weighted by atomic mass is 10.1. The second-order valence-electron chi connectivity index (χ2n) is 8.44. The standard InChI is InChI=1S/C29H23N5O3S/c1-3-37-24-15-9-19(10-16-24)26-21(18-33(31-26)22-7-5-4-6-8-22)17-25-28(35)34-29(38-25)30-27(32-34)20-11-13-23(36-2)14-12-20/h4-18H,3H2,1-2H3. The van der Waals surface area contributed by atoms with E-state index in [2.05, 4.69) is 10.1 Å². The fraction of sp³-hybridized carbons (Fsp3) is 0.103. The maximum absolute atomic E-state index is 13.3. The van der Waals surface area contributed by atoms with Crippen molar-refractivity contribution in [3.8, 4) is 39.8 Å². The fourth-order valence-corrected chi connectivity index (χ4v) is 5.04. The third-order valence-electron chi connectivity index (χ3n) is 6.02. The SMILES string of the molecule is CCOc1ccc(-c2nn(-c3ccccc3)cc2C=c2sc3nc(-c4ccc(OC)cc4)nn3c2=O)cc1. The number of fused-ring (bicyclic) bond motifs is 1. The Balaban J connectivity index is 1.43. The number of rotatable bonds is 7. The van der Waals surface area contributed by atoms with Crippen LogP contribution in [0, 0.1) is 0 Å². The predicted octanol–water partition coefficient (Wildman–Crippen LogP) is 4.63. The molecule has 3 aromatic carbocycles. The molecule has 0 aliphatic rings. The van der Waals surface area contributed by atoms with E-state index in [4.69, 9.17) is 14.6 Å². The van der Waals surface area contributed by atoms with Crippen LogP contribution in [0.4, 0.5) is 0 Å². The number of methoxy groups -OCH3 is 1. The second kappa shape index (κ2) is 9.95. The van der Waals surface area contributed by atoms with Crippen LogP contribution in [0.3, 0.4) is 0 Å². The van der Waals surface area contributed by atoms with Gasteiger partial charge in [-0.05, 0) is 73.7 Å². The van der Waals surface area contributed by atoms with Crippen LogP contribution in [-0.4, -0.2) is 38.1 Å². The highest BCUT2D eigenvalue weighted by Gasteiger charge is 2.15. The van der Waals surface area contributed by atoms with E-state index >= 15 is 0 Å². The van der Waals surface area contributed by atoms with Crippen molar-refractivity contribution in [3.05, 3.63) is 106 Å². The van der Waals surface area contributed by atoms with E-state index in [0.717, 1.165) is 39.6 Å². The average molecular weight is 522 g/mol. The molecule has 0 amide bonds. The van der Waals surface area contributed by atoms with Crippen molar-refractivity contribution in [3.63, 3.8) is 0 Å². The average Bonchev–Trinajstić information content (AvgIpc) is 3.65. The van der Waals surface area contributed by atoms with E-state index in [-0.39, 0.29) is 5.56 Å². The van der Waals surface area contributed by atoms with Crippen molar-refractivity contribution < 1.29 is 9.47 Å². The predicted molar refractivity (Wildman–Crippen MR) is 148 cm³/mol. The van der Waals surface area contributed by atoms with Gasteiger partial charge in [0.25, 0.3) is 5.56 Å². The van der Waals surface area contributed by atoms with E-state index < -0.39 is 0 Å². The summed E-state index contributed by atoms with van der Waals surface area (Å²) in [6.45, 7) is 2.55. The lowest BCUT2D eigenvalue weighted by Crippen LogP contribution is -2.23. The van der Waals surface area contributed by atoms with Gasteiger partial charge in [-0.15, -0.1) is 5.10 Å². The van der Waals surface area contributed by atoms with Gasteiger partial charge in [-0.25, -0.2) is 4.68 Å². The molecule has 3 heterocycles. The molecule has 0 saturated carbocycles. The number of hydrogen-bond donors (Lipinski definition) is 0. The molecule has 0 spiro atoms. The summed E-state index contributed by atoms with van der Waals surface area (Å²) < 4.78 is 14.5. The van der Waals surface area contributed by atoms with E-state index in [1.165, 1.54) is 15.9 Å². The lowest BCUT2D eigenvalue weighted by molar-refractivity contribution is 0.340. The van der Waals surface area contributed by atoms with Crippen LogP contribution >= 0.6 is 11.3 Å². The number of para-hydroxylation sites is 1. The van der Waals surface area contributed by atoms with Gasteiger partial charge in [0.2, 0.25) is 4.96 Å². The first kappa shape index (κ1) is 23.6. The highest BCUT2D eigenvalue weighted by Crippen LogP contribution is 2.27. The second-order valence-corrected chi connectivity index (χ2v) is 9.45. The quantitative estimate of drug-likeness (QED) is 0.305. The van der Waals surface area contributed by atoms with Crippen molar-refractivity contribution in [2.24, 2.45) is 0 Å². The van der Waals surface area contributed by atoms with Gasteiger partial charge >= 0.3 is 0 Å². The summed E-state index contributed by atoms with van der Waals surface area (Å²) in [5, 5.41) is 9.33. The van der Waals surface area contributed by atoms with Crippen LogP contribution in [0.2, 0.25) is 0 Å². The normalized spacial score (nSPS) is 11.8. The smallest absolute Gasteiger partial charge is 0.291 e. The van der Waals surface area contributed by atoms with Crippen molar-refractivity contribution >= 4 is 22.4 Å². The van der Waals surface area contributed by atoms with Gasteiger partial charge in [-0.2, -0.15) is 14.6 Å². The molecule has 0 unspecified atom stereocenters. The van der Waals surface area contributed by atoms with Crippen LogP contribution in [0.5, 0.6) is 11.5 Å². The summed E-state index contributed by atoms with van der Waals surface area (Å²) in [5.74, 6) is 2.04. The Morgan fingerprint density at radius 2 is 1.61 bits per heavy atom. The van der Waals surface area contributed by atoms with Gasteiger partial charge in [-0.1, -0.05) is 29.5 Å². The highest BCUT2D eigenvalue weighted by atomic mass is 32.1. The maximum Gasteiger partial charge on any atom is 0.291 e. The number of aromatic nitrogens is 5. The minimum absolute atomic E-state index is 0.220. The van der Waals surface area contributed by atoms with Crippen molar-refractivity contribution in [2.75, 3.05) is 13.7 Å². The van der Waals surface area contributed by atoms with Crippen LogP contribution in [-0.2, 0) is 0 Å². The zero-order valence-corrected chi connectivity index (χ0v) is 21.6. The van der Waals surface area contributed by atoms with E-state index in [1.807, 2.05) is 103 Å². The lowest BCUT2D eigenvalue weighted by Gasteiger charge is -2.04. The molecule has 3 aromatic heterocycles. The summed E-state index contributed by atoms with van der Waals surface area (Å²) >= 11 is 1.30. The van der Waals surface area contributed by atoms with Crippen LogP contribution in [0.15, 0.2) is 89.9 Å². The number of benzene rings is 3. The number of hydrogen-bond acceptors (Lipinski definition) is 7. The molecule has 38 heavy (non-hydrogen) atoms. The van der Waals surface area contributed by atoms with Gasteiger partial charge in [0, 0.05) is 22.9 Å². The Morgan fingerprint density at radius 1 is 0.895 bits per heavy atom. The topological polar surface area (TPSA) is 83.5 Å². The van der Waals surface area contributed by atoms with Crippen LogP contribution < -0.4 is 19.6 Å². The Kier molecular flexibility index (Phi) is 6.19. The monoisotopic (exact) mass is 521 g/mol. The van der Waals surface area contributed by atoms with Gasteiger partial charge in [0.05, 0.1) is 23.9 Å². The molecule has 9 heteroatoms. The Labute approximate surface area is 222 Å². The fourth-order valence-electron chi connectivity index (χ4n) is 4.14. The zero-order chi connectivity index (χ0) is 26.1. The first-order valence-electron chi connectivity index (χ1n) is 12.1. The molecule has 0 bridgehead atoms. The van der Waals surface area contributed by atoms with Gasteiger partial charge < -0.3 is 9.47 Å². The molecule has 0 fully saturated rings. The third kappa shape index (κ3) is 4.44. The third-order valence-corrected chi connectivity index (χ3v) is 6.98. The van der Waals surface area contributed by atoms with Crippen molar-refractivity contribution in [1.82, 2.24) is 24.4 Å². The molecule has 188 valence electrons. The van der Waals surface area contributed by atoms with Gasteiger partial charge in [-0.3, -0.25) is 4.79 Å². The largest absolute Gasteiger partial charge is 0.497 e. The highest BCUT2D eigenvalue weighted by molar-refractivity contribution is 7.15. The van der Waals surface area contributed by atoms with Gasteiger partial charge in [0.15, 0.2) is 5.82 Å². The molecule has 0 radical (unpaired) electrons. The zero-order valence-electron chi connectivity index (χ0n) is 20.7. The van der Waals surface area contributed by atoms with Crippen molar-refractivity contribution in [2.45, 2.75) is 6.92 Å². The minimum atomic E-state index is -0.220. The van der Waals surface area contributed by atoms with E-state index in [9.17, 15) is 4.79 Å². The number of thiazole rings is 1. The summed E-state index contributed by atoms with van der Waals surface area (Å²) in [6, 6.07) is 25.1. The molecule has 0 N–H and O–H groups in total. The van der Waals surface area contributed by atoms with E-state index in [0.29, 0.717) is 21.9 Å². The van der Waals surface area contributed by atoms with Crippen LogP contribution in [0.25, 0.3) is 39.4 Å². The Morgan fingerprint density at radius 3 is 2.29 bits per heavy atom. The van der Waals surface area contributed by atoms with Crippen LogP contribution in [0.1, 0.15) is 12.5 Å². The Bertz CT molecular complexity index is 1820. The van der Waals surface area contributed by atoms with Gasteiger partial charge in [0.1, 0.15) is 17.2 Å². The first-order valence-corrected chi connectivity index (χ1v) is 12.9. The summed E-state index contributed by atoms with van der Waals surface area (Å²) in [5.41, 5.74) is 4.01. The summed E-state index contributed by atoms with van der Waals surface area (Å²) in [4.78, 5) is 18.4. The molecule has 0 aliphatic heterocycles. The molecule has 0 atom stereocenters. The molecule has 0 aliphatic carbocycles. The summed E-state index contributed by atoms with van der Waals surface area (Å²) in [6.07, 6.45) is 3.79. The summed E-state index contributed by atoms with van der Waals surface area (Å²) in [7, 11) is 1.62. The molecule has 8 nitrogen and oxygen atoms in total. The maximum atomic E-state index is 13.3.